The number of aromatic amines is 1. The molecule has 3 atom stereocenters. The van der Waals surface area contributed by atoms with E-state index < -0.39 is 0 Å². The number of hydrogen-bond acceptors (Lipinski definition) is 4. The number of nitrogens with one attached hydrogen (secondary N) is 2. The van der Waals surface area contributed by atoms with Crippen LogP contribution in [-0.2, 0) is 16.1 Å². The first-order valence-electron chi connectivity index (χ1n) is 10.1. The summed E-state index contributed by atoms with van der Waals surface area (Å²) in [5, 5.41) is 3.15. The number of fused-ring (bicyclic) bond motifs is 1. The van der Waals surface area contributed by atoms with Gasteiger partial charge in [-0.2, -0.15) is 0 Å². The van der Waals surface area contributed by atoms with Crippen LogP contribution in [-0.4, -0.2) is 33.2 Å². The molecule has 4 rings (SSSR count). The Morgan fingerprint density at radius 1 is 1.34 bits per heavy atom. The van der Waals surface area contributed by atoms with E-state index in [2.05, 4.69) is 29.1 Å². The summed E-state index contributed by atoms with van der Waals surface area (Å²) in [6.45, 7) is 4.99. The van der Waals surface area contributed by atoms with E-state index in [1.54, 1.807) is 17.2 Å². The molecule has 0 spiro atoms. The minimum Gasteiger partial charge on any atom is -0.467 e. The number of furan rings is 1. The molecule has 3 aromatic rings. The van der Waals surface area contributed by atoms with Crippen molar-refractivity contribution >= 4 is 22.8 Å². The monoisotopic (exact) mass is 394 g/mol. The molecule has 0 unspecified atom stereocenters. The molecule has 0 bridgehead atoms. The Kier molecular flexibility index (Phi) is 5.38. The Morgan fingerprint density at radius 2 is 2.17 bits per heavy atom. The number of nitrogens with zero attached hydrogens (tertiary/aromatic N) is 2. The van der Waals surface area contributed by atoms with Crippen LogP contribution in [0.4, 0.5) is 0 Å². The van der Waals surface area contributed by atoms with Gasteiger partial charge in [-0.1, -0.05) is 32.4 Å². The number of carbonyl (C=O) groups excluding carboxylic acids is 2. The zero-order chi connectivity index (χ0) is 20.4. The second-order valence-corrected chi connectivity index (χ2v) is 7.77. The highest BCUT2D eigenvalue weighted by Gasteiger charge is 2.36. The van der Waals surface area contributed by atoms with Gasteiger partial charge in [-0.25, -0.2) is 4.98 Å². The van der Waals surface area contributed by atoms with E-state index >= 15 is 0 Å². The van der Waals surface area contributed by atoms with E-state index in [-0.39, 0.29) is 36.1 Å². The maximum atomic E-state index is 13.0. The normalized spacial score (nSPS) is 18.9. The molecular weight excluding hydrogens is 368 g/mol. The molecule has 1 fully saturated rings. The van der Waals surface area contributed by atoms with Gasteiger partial charge in [0.05, 0.1) is 35.8 Å². The largest absolute Gasteiger partial charge is 0.467 e. The van der Waals surface area contributed by atoms with Gasteiger partial charge in [0.15, 0.2) is 0 Å². The number of benzene rings is 1. The maximum Gasteiger partial charge on any atom is 0.226 e. The van der Waals surface area contributed by atoms with Gasteiger partial charge in [-0.3, -0.25) is 9.59 Å². The number of likely N-dealkylation sites (tertiary alicyclic amines) is 1. The molecule has 29 heavy (non-hydrogen) atoms. The fourth-order valence-electron chi connectivity index (χ4n) is 3.80. The highest BCUT2D eigenvalue weighted by Crippen LogP contribution is 2.27. The molecule has 1 aliphatic rings. The number of para-hydroxylation sites is 2. The number of amides is 2. The van der Waals surface area contributed by atoms with Crippen LogP contribution in [0.15, 0.2) is 47.1 Å². The van der Waals surface area contributed by atoms with E-state index in [0.29, 0.717) is 13.1 Å². The van der Waals surface area contributed by atoms with Gasteiger partial charge in [-0.05, 0) is 30.2 Å². The highest BCUT2D eigenvalue weighted by molar-refractivity contribution is 5.89. The van der Waals surface area contributed by atoms with Crippen LogP contribution >= 0.6 is 0 Å². The molecule has 0 radical (unpaired) electrons. The van der Waals surface area contributed by atoms with E-state index in [0.717, 1.165) is 29.0 Å². The highest BCUT2D eigenvalue weighted by atomic mass is 16.3. The number of imidazole rings is 1. The SMILES string of the molecule is CC[C@H](C)[C@H](NC(=O)[C@H]1CC(=O)N(Cc2ccco2)C1)c1nc2ccccc2[nH]1. The Morgan fingerprint density at radius 3 is 2.90 bits per heavy atom. The lowest BCUT2D eigenvalue weighted by atomic mass is 9.97. The van der Waals surface area contributed by atoms with Crippen molar-refractivity contribution in [2.75, 3.05) is 6.54 Å². The third kappa shape index (κ3) is 4.04. The summed E-state index contributed by atoms with van der Waals surface area (Å²) < 4.78 is 5.33. The van der Waals surface area contributed by atoms with Crippen molar-refractivity contribution in [1.82, 2.24) is 20.2 Å². The van der Waals surface area contributed by atoms with Crippen LogP contribution in [0.25, 0.3) is 11.0 Å². The maximum absolute atomic E-state index is 13.0. The van der Waals surface area contributed by atoms with Crippen molar-refractivity contribution in [3.8, 4) is 0 Å². The molecule has 0 saturated carbocycles. The molecular formula is C22H26N4O3. The third-order valence-corrected chi connectivity index (χ3v) is 5.73. The quantitative estimate of drug-likeness (QED) is 0.642. The van der Waals surface area contributed by atoms with Gasteiger partial charge in [0.25, 0.3) is 0 Å². The summed E-state index contributed by atoms with van der Waals surface area (Å²) in [5.41, 5.74) is 1.83. The molecule has 7 heteroatoms. The second-order valence-electron chi connectivity index (χ2n) is 7.77. The number of aromatic nitrogens is 2. The van der Waals surface area contributed by atoms with E-state index in [4.69, 9.17) is 4.42 Å². The van der Waals surface area contributed by atoms with Gasteiger partial charge in [0.2, 0.25) is 11.8 Å². The summed E-state index contributed by atoms with van der Waals surface area (Å²) in [7, 11) is 0. The number of rotatable bonds is 7. The van der Waals surface area contributed by atoms with Crippen LogP contribution in [0, 0.1) is 11.8 Å². The predicted octanol–water partition coefficient (Wildman–Crippen LogP) is 3.41. The first kappa shape index (κ1) is 19.2. The molecule has 0 aliphatic carbocycles. The Hall–Kier alpha value is -3.09. The number of hydrogen-bond donors (Lipinski definition) is 2. The van der Waals surface area contributed by atoms with Crippen LogP contribution < -0.4 is 5.32 Å². The molecule has 2 amide bonds. The van der Waals surface area contributed by atoms with E-state index in [1.165, 1.54) is 0 Å². The summed E-state index contributed by atoms with van der Waals surface area (Å²) in [4.78, 5) is 35.1. The van der Waals surface area contributed by atoms with Crippen LogP contribution in [0.5, 0.6) is 0 Å². The zero-order valence-electron chi connectivity index (χ0n) is 16.7. The standard InChI is InChI=1S/C22H26N4O3/c1-3-14(2)20(21-23-17-8-4-5-9-18(17)24-21)25-22(28)15-11-19(27)26(12-15)13-16-7-6-10-29-16/h4-10,14-15,20H,3,11-13H2,1-2H3,(H,23,24)(H,25,28)/t14-,15-,20-/m0/s1. The van der Waals surface area contributed by atoms with Crippen molar-refractivity contribution in [3.63, 3.8) is 0 Å². The summed E-state index contributed by atoms with van der Waals surface area (Å²) in [6, 6.07) is 11.2. The lowest BCUT2D eigenvalue weighted by Crippen LogP contribution is -2.38. The van der Waals surface area contributed by atoms with E-state index in [9.17, 15) is 9.59 Å². The topological polar surface area (TPSA) is 91.2 Å². The average molecular weight is 394 g/mol. The lowest BCUT2D eigenvalue weighted by molar-refractivity contribution is -0.129. The molecule has 3 heterocycles. The molecule has 7 nitrogen and oxygen atoms in total. The summed E-state index contributed by atoms with van der Waals surface area (Å²) >= 11 is 0. The van der Waals surface area contributed by atoms with Crippen molar-refractivity contribution in [1.29, 1.82) is 0 Å². The molecule has 1 aliphatic heterocycles. The lowest BCUT2D eigenvalue weighted by Gasteiger charge is -2.24. The van der Waals surface area contributed by atoms with Gasteiger partial charge >= 0.3 is 0 Å². The second kappa shape index (κ2) is 8.11. The Labute approximate surface area is 169 Å². The summed E-state index contributed by atoms with van der Waals surface area (Å²) in [6.07, 6.45) is 2.71. The fourth-order valence-corrected chi connectivity index (χ4v) is 3.80. The van der Waals surface area contributed by atoms with Crippen molar-refractivity contribution in [2.24, 2.45) is 11.8 Å². The Balaban J connectivity index is 1.47. The molecule has 152 valence electrons. The first-order chi connectivity index (χ1) is 14.0. The van der Waals surface area contributed by atoms with Crippen molar-refractivity contribution < 1.29 is 14.0 Å². The van der Waals surface area contributed by atoms with Gasteiger partial charge < -0.3 is 19.6 Å². The molecule has 2 aromatic heterocycles. The minimum atomic E-state index is -0.367. The predicted molar refractivity (Wildman–Crippen MR) is 109 cm³/mol. The molecule has 1 saturated heterocycles. The van der Waals surface area contributed by atoms with E-state index in [1.807, 2.05) is 30.3 Å². The first-order valence-corrected chi connectivity index (χ1v) is 10.1. The number of carbonyl (C=O) groups is 2. The van der Waals surface area contributed by atoms with Gasteiger partial charge in [0, 0.05) is 13.0 Å². The summed E-state index contributed by atoms with van der Waals surface area (Å²) in [5.74, 6) is 1.19. The van der Waals surface area contributed by atoms with Crippen molar-refractivity contribution in [3.05, 3.63) is 54.2 Å². The third-order valence-electron chi connectivity index (χ3n) is 5.73. The zero-order valence-corrected chi connectivity index (χ0v) is 16.7. The fraction of sp³-hybridized carbons (Fsp3) is 0.409. The average Bonchev–Trinajstić information content (AvgIpc) is 3.46. The van der Waals surface area contributed by atoms with Crippen LogP contribution in [0.2, 0.25) is 0 Å². The molecule has 2 N–H and O–H groups in total. The van der Waals surface area contributed by atoms with Gasteiger partial charge in [-0.15, -0.1) is 0 Å². The van der Waals surface area contributed by atoms with Gasteiger partial charge in [0.1, 0.15) is 11.6 Å². The van der Waals surface area contributed by atoms with Crippen molar-refractivity contribution in [2.45, 2.75) is 39.3 Å². The minimum absolute atomic E-state index is 0.0228. The number of H-pyrrole nitrogens is 1. The molecule has 1 aromatic carbocycles. The van der Waals surface area contributed by atoms with Crippen LogP contribution in [0.3, 0.4) is 0 Å². The smallest absolute Gasteiger partial charge is 0.226 e. The van der Waals surface area contributed by atoms with Crippen LogP contribution in [0.1, 0.15) is 44.3 Å². The Bertz CT molecular complexity index is 962.